The molecule has 0 heterocycles. The van der Waals surface area contributed by atoms with Crippen molar-refractivity contribution < 1.29 is 13.9 Å². The van der Waals surface area contributed by atoms with Gasteiger partial charge in [-0.15, -0.1) is 0 Å². The fourth-order valence-electron chi connectivity index (χ4n) is 1.38. The summed E-state index contributed by atoms with van der Waals surface area (Å²) >= 11 is 0. The molecule has 12 heavy (non-hydrogen) atoms. The highest BCUT2D eigenvalue weighted by atomic mass is 19.1. The van der Waals surface area contributed by atoms with Crippen LogP contribution in [0.2, 0.25) is 0 Å². The van der Waals surface area contributed by atoms with Crippen molar-refractivity contribution in [3.8, 4) is 0 Å². The molecule has 1 aliphatic carbocycles. The van der Waals surface area contributed by atoms with Crippen molar-refractivity contribution in [3.63, 3.8) is 0 Å². The predicted octanol–water partition coefficient (Wildman–Crippen LogP) is 2.20. The van der Waals surface area contributed by atoms with Crippen LogP contribution in [0.1, 0.15) is 26.7 Å². The number of halogens is 1. The van der Waals surface area contributed by atoms with Crippen molar-refractivity contribution in [2.75, 3.05) is 0 Å². The summed E-state index contributed by atoms with van der Waals surface area (Å²) < 4.78 is 17.7. The van der Waals surface area contributed by atoms with Crippen LogP contribution in [-0.2, 0) is 9.53 Å². The Morgan fingerprint density at radius 1 is 1.83 bits per heavy atom. The maximum absolute atomic E-state index is 13.0. The molecule has 0 amide bonds. The molecule has 2 atom stereocenters. The van der Waals surface area contributed by atoms with Crippen LogP contribution < -0.4 is 0 Å². The molecule has 68 valence electrons. The Morgan fingerprint density at radius 3 is 2.92 bits per heavy atom. The molecule has 1 aliphatic rings. The molecule has 0 aliphatic heterocycles. The molecule has 0 saturated carbocycles. The first-order valence-electron chi connectivity index (χ1n) is 4.18. The van der Waals surface area contributed by atoms with Gasteiger partial charge in [0.1, 0.15) is 5.83 Å². The van der Waals surface area contributed by atoms with E-state index in [-0.39, 0.29) is 11.7 Å². The number of carbonyl (C=O) groups excluding carboxylic acids is 1. The van der Waals surface area contributed by atoms with Gasteiger partial charge in [0.2, 0.25) is 0 Å². The molecule has 0 saturated heterocycles. The summed E-state index contributed by atoms with van der Waals surface area (Å²) in [5, 5.41) is 0. The molecule has 2 unspecified atom stereocenters. The molecular formula is C9H13FO2. The first-order valence-corrected chi connectivity index (χ1v) is 4.18. The van der Waals surface area contributed by atoms with Gasteiger partial charge >= 0.3 is 5.97 Å². The third-order valence-corrected chi connectivity index (χ3v) is 2.05. The minimum Gasteiger partial charge on any atom is -0.455 e. The summed E-state index contributed by atoms with van der Waals surface area (Å²) in [5.74, 6) is -0.480. The maximum Gasteiger partial charge on any atom is 0.303 e. The van der Waals surface area contributed by atoms with Gasteiger partial charge in [0.25, 0.3) is 0 Å². The number of carbonyl (C=O) groups is 1. The molecule has 1 rings (SSSR count). The van der Waals surface area contributed by atoms with Crippen molar-refractivity contribution in [1.82, 2.24) is 0 Å². The SMILES string of the molecule is CCC1C=C(F)C(OC(C)=O)C1. The molecule has 0 aromatic rings. The number of ether oxygens (including phenoxy) is 1. The zero-order chi connectivity index (χ0) is 9.14. The maximum atomic E-state index is 13.0. The zero-order valence-corrected chi connectivity index (χ0v) is 7.34. The van der Waals surface area contributed by atoms with Gasteiger partial charge in [0, 0.05) is 6.92 Å². The van der Waals surface area contributed by atoms with Crippen LogP contribution in [0.4, 0.5) is 4.39 Å². The Bertz CT molecular complexity index is 211. The average molecular weight is 172 g/mol. The number of hydrogen-bond acceptors (Lipinski definition) is 2. The molecule has 0 aromatic carbocycles. The van der Waals surface area contributed by atoms with Crippen molar-refractivity contribution in [1.29, 1.82) is 0 Å². The van der Waals surface area contributed by atoms with Gasteiger partial charge in [-0.05, 0) is 24.8 Å². The number of esters is 1. The van der Waals surface area contributed by atoms with Gasteiger partial charge in [-0.1, -0.05) is 6.92 Å². The van der Waals surface area contributed by atoms with Crippen LogP contribution in [0.15, 0.2) is 11.9 Å². The Balaban J connectivity index is 2.50. The number of hydrogen-bond donors (Lipinski definition) is 0. The molecule has 0 spiro atoms. The molecule has 2 nitrogen and oxygen atoms in total. The van der Waals surface area contributed by atoms with Gasteiger partial charge in [-0.2, -0.15) is 0 Å². The summed E-state index contributed by atoms with van der Waals surface area (Å²) in [6.07, 6.45) is 2.42. The Morgan fingerprint density at radius 2 is 2.50 bits per heavy atom. The highest BCUT2D eigenvalue weighted by Gasteiger charge is 2.27. The van der Waals surface area contributed by atoms with E-state index in [2.05, 4.69) is 0 Å². The van der Waals surface area contributed by atoms with Gasteiger partial charge in [0.05, 0.1) is 0 Å². The smallest absolute Gasteiger partial charge is 0.303 e. The first kappa shape index (κ1) is 9.23. The standard InChI is InChI=1S/C9H13FO2/c1-3-7-4-8(10)9(5-7)12-6(2)11/h4,7,9H,3,5H2,1-2H3. The lowest BCUT2D eigenvalue weighted by molar-refractivity contribution is -0.145. The molecule has 0 radical (unpaired) electrons. The van der Waals surface area contributed by atoms with E-state index in [9.17, 15) is 9.18 Å². The van der Waals surface area contributed by atoms with Crippen molar-refractivity contribution >= 4 is 5.97 Å². The van der Waals surface area contributed by atoms with Crippen molar-refractivity contribution in [3.05, 3.63) is 11.9 Å². The monoisotopic (exact) mass is 172 g/mol. The second kappa shape index (κ2) is 3.70. The largest absolute Gasteiger partial charge is 0.455 e. The van der Waals surface area contributed by atoms with Gasteiger partial charge in [-0.3, -0.25) is 4.79 Å². The fraction of sp³-hybridized carbons (Fsp3) is 0.667. The van der Waals surface area contributed by atoms with E-state index in [1.54, 1.807) is 6.08 Å². The summed E-state index contributed by atoms with van der Waals surface area (Å²) in [6.45, 7) is 3.29. The lowest BCUT2D eigenvalue weighted by atomic mass is 10.1. The molecule has 3 heteroatoms. The van der Waals surface area contributed by atoms with E-state index in [1.807, 2.05) is 6.92 Å². The highest BCUT2D eigenvalue weighted by Crippen LogP contribution is 2.29. The van der Waals surface area contributed by atoms with E-state index >= 15 is 0 Å². The van der Waals surface area contributed by atoms with Crippen molar-refractivity contribution in [2.24, 2.45) is 5.92 Å². The Kier molecular flexibility index (Phi) is 2.84. The third-order valence-electron chi connectivity index (χ3n) is 2.05. The third kappa shape index (κ3) is 2.06. The van der Waals surface area contributed by atoms with E-state index in [0.29, 0.717) is 6.42 Å². The highest BCUT2D eigenvalue weighted by molar-refractivity contribution is 5.66. The van der Waals surface area contributed by atoms with Crippen LogP contribution in [0.3, 0.4) is 0 Å². The molecule has 0 aromatic heterocycles. The second-order valence-corrected chi connectivity index (χ2v) is 3.05. The lowest BCUT2D eigenvalue weighted by Crippen LogP contribution is -2.14. The van der Waals surface area contributed by atoms with E-state index < -0.39 is 12.1 Å². The summed E-state index contributed by atoms with van der Waals surface area (Å²) in [5.41, 5.74) is 0. The molecular weight excluding hydrogens is 159 g/mol. The number of allylic oxidation sites excluding steroid dienone is 1. The van der Waals surface area contributed by atoms with Crippen LogP contribution in [0.5, 0.6) is 0 Å². The second-order valence-electron chi connectivity index (χ2n) is 3.05. The normalized spacial score (nSPS) is 28.4. The summed E-state index contributed by atoms with van der Waals surface area (Å²) in [6, 6.07) is 0. The van der Waals surface area contributed by atoms with E-state index in [1.165, 1.54) is 6.92 Å². The van der Waals surface area contributed by atoms with Crippen LogP contribution in [-0.4, -0.2) is 12.1 Å². The van der Waals surface area contributed by atoms with Crippen LogP contribution in [0.25, 0.3) is 0 Å². The van der Waals surface area contributed by atoms with E-state index in [4.69, 9.17) is 4.74 Å². The van der Waals surface area contributed by atoms with Crippen LogP contribution in [0, 0.1) is 5.92 Å². The quantitative estimate of drug-likeness (QED) is 0.597. The van der Waals surface area contributed by atoms with Gasteiger partial charge in [0.15, 0.2) is 6.10 Å². The number of rotatable bonds is 2. The minimum atomic E-state index is -0.618. The average Bonchev–Trinajstić information content (AvgIpc) is 2.31. The Hall–Kier alpha value is -0.860. The minimum absolute atomic E-state index is 0.231. The summed E-state index contributed by atoms with van der Waals surface area (Å²) in [4.78, 5) is 10.5. The summed E-state index contributed by atoms with van der Waals surface area (Å²) in [7, 11) is 0. The Labute approximate surface area is 71.4 Å². The topological polar surface area (TPSA) is 26.3 Å². The van der Waals surface area contributed by atoms with Gasteiger partial charge in [-0.25, -0.2) is 4.39 Å². The molecule has 0 bridgehead atoms. The lowest BCUT2D eigenvalue weighted by Gasteiger charge is -2.10. The van der Waals surface area contributed by atoms with Crippen LogP contribution >= 0.6 is 0 Å². The van der Waals surface area contributed by atoms with Gasteiger partial charge < -0.3 is 4.74 Å². The van der Waals surface area contributed by atoms with Crippen molar-refractivity contribution in [2.45, 2.75) is 32.8 Å². The zero-order valence-electron chi connectivity index (χ0n) is 7.34. The molecule has 0 N–H and O–H groups in total. The fourth-order valence-corrected chi connectivity index (χ4v) is 1.38. The first-order chi connectivity index (χ1) is 5.63. The predicted molar refractivity (Wildman–Crippen MR) is 43.1 cm³/mol. The molecule has 0 fully saturated rings. The van der Waals surface area contributed by atoms with E-state index in [0.717, 1.165) is 6.42 Å².